The molecular weight excluding hydrogens is 385 g/mol. The van der Waals surface area contributed by atoms with Crippen LogP contribution in [0.2, 0.25) is 0 Å². The average Bonchev–Trinajstić information content (AvgIpc) is 2.78. The van der Waals surface area contributed by atoms with Gasteiger partial charge in [-0.05, 0) is 37.1 Å². The quantitative estimate of drug-likeness (QED) is 0.719. The normalized spacial score (nSPS) is 16.3. The fourth-order valence-electron chi connectivity index (χ4n) is 3.65. The Kier molecular flexibility index (Phi) is 5.56. The molecule has 1 aromatic carbocycles. The summed E-state index contributed by atoms with van der Waals surface area (Å²) in [7, 11) is 1.67. The van der Waals surface area contributed by atoms with Crippen molar-refractivity contribution >= 4 is 17.5 Å². The van der Waals surface area contributed by atoms with Gasteiger partial charge in [-0.25, -0.2) is 9.37 Å². The van der Waals surface area contributed by atoms with Crippen molar-refractivity contribution < 1.29 is 9.18 Å². The second-order valence-electron chi connectivity index (χ2n) is 7.33. The lowest BCUT2D eigenvalue weighted by molar-refractivity contribution is -0.120. The number of pyridine rings is 1. The number of nitrogens with one attached hydrogen (secondary N) is 1. The highest BCUT2D eigenvalue weighted by Gasteiger charge is 2.28. The Balaban J connectivity index is 1.57. The molecule has 1 aliphatic rings. The van der Waals surface area contributed by atoms with E-state index in [2.05, 4.69) is 15.3 Å². The van der Waals surface area contributed by atoms with Gasteiger partial charge in [0.05, 0.1) is 17.3 Å². The second kappa shape index (κ2) is 8.44. The molecule has 0 spiro atoms. The number of piperidine rings is 1. The Morgan fingerprint density at radius 1 is 1.20 bits per heavy atom. The monoisotopic (exact) mass is 407 g/mol. The van der Waals surface area contributed by atoms with Crippen LogP contribution >= 0.6 is 0 Å². The summed E-state index contributed by atoms with van der Waals surface area (Å²) >= 11 is 0. The van der Waals surface area contributed by atoms with E-state index in [9.17, 15) is 14.0 Å². The number of benzene rings is 1. The van der Waals surface area contributed by atoms with Gasteiger partial charge in [0, 0.05) is 44.2 Å². The molecule has 0 aliphatic carbocycles. The van der Waals surface area contributed by atoms with Crippen LogP contribution in [0.1, 0.15) is 12.8 Å². The molecule has 7 nitrogen and oxygen atoms in total. The van der Waals surface area contributed by atoms with E-state index in [1.807, 2.05) is 4.90 Å². The van der Waals surface area contributed by atoms with Gasteiger partial charge >= 0.3 is 0 Å². The summed E-state index contributed by atoms with van der Waals surface area (Å²) in [5, 5.41) is 2.68. The standard InChI is InChI=1S/C22H22FN5O2/c1-27-20(29)13-19(15-8-10-24-11-9-15)26-22(27)28-12-4-5-16(14-28)21(30)25-18-7-3-2-6-17(18)23/h2-3,6-11,13,16H,4-5,12,14H2,1H3,(H,25,30). The first kappa shape index (κ1) is 19.8. The zero-order valence-corrected chi connectivity index (χ0v) is 16.6. The van der Waals surface area contributed by atoms with Crippen molar-refractivity contribution in [3.8, 4) is 11.3 Å². The zero-order chi connectivity index (χ0) is 21.1. The fourth-order valence-corrected chi connectivity index (χ4v) is 3.65. The van der Waals surface area contributed by atoms with Gasteiger partial charge in [0.1, 0.15) is 5.82 Å². The van der Waals surface area contributed by atoms with E-state index in [4.69, 9.17) is 0 Å². The topological polar surface area (TPSA) is 80.1 Å². The molecule has 0 radical (unpaired) electrons. The molecular formula is C22H22FN5O2. The lowest BCUT2D eigenvalue weighted by atomic mass is 9.97. The molecule has 3 heterocycles. The number of para-hydroxylation sites is 1. The first-order valence-corrected chi connectivity index (χ1v) is 9.82. The number of aromatic nitrogens is 3. The van der Waals surface area contributed by atoms with Crippen LogP contribution < -0.4 is 15.8 Å². The van der Waals surface area contributed by atoms with E-state index < -0.39 is 5.82 Å². The Labute approximate surface area is 173 Å². The summed E-state index contributed by atoms with van der Waals surface area (Å²) < 4.78 is 15.4. The SMILES string of the molecule is Cn1c(N2CCCC(C(=O)Nc3ccccc3F)C2)nc(-c2ccncc2)cc1=O. The molecule has 8 heteroatoms. The number of hydrogen-bond acceptors (Lipinski definition) is 5. The third-order valence-corrected chi connectivity index (χ3v) is 5.29. The highest BCUT2D eigenvalue weighted by molar-refractivity contribution is 5.93. The van der Waals surface area contributed by atoms with Crippen molar-refractivity contribution in [3.63, 3.8) is 0 Å². The van der Waals surface area contributed by atoms with Crippen LogP contribution in [0.3, 0.4) is 0 Å². The van der Waals surface area contributed by atoms with Crippen molar-refractivity contribution in [2.24, 2.45) is 13.0 Å². The first-order valence-electron chi connectivity index (χ1n) is 9.82. The number of carbonyl (C=O) groups is 1. The molecule has 0 saturated carbocycles. The number of rotatable bonds is 4. The number of halogens is 1. The van der Waals surface area contributed by atoms with E-state index in [1.54, 1.807) is 43.7 Å². The van der Waals surface area contributed by atoms with E-state index in [0.29, 0.717) is 31.2 Å². The first-order chi connectivity index (χ1) is 14.5. The molecule has 30 heavy (non-hydrogen) atoms. The third kappa shape index (κ3) is 4.07. The minimum Gasteiger partial charge on any atom is -0.341 e. The smallest absolute Gasteiger partial charge is 0.255 e. The van der Waals surface area contributed by atoms with E-state index in [-0.39, 0.29) is 23.1 Å². The van der Waals surface area contributed by atoms with Crippen molar-refractivity contribution in [2.75, 3.05) is 23.3 Å². The minimum atomic E-state index is -0.465. The number of amides is 1. The molecule has 154 valence electrons. The molecule has 1 atom stereocenters. The van der Waals surface area contributed by atoms with Gasteiger partial charge in [0.15, 0.2) is 0 Å². The molecule has 1 fully saturated rings. The number of hydrogen-bond donors (Lipinski definition) is 1. The molecule has 1 saturated heterocycles. The van der Waals surface area contributed by atoms with Crippen molar-refractivity contribution in [1.29, 1.82) is 0 Å². The maximum Gasteiger partial charge on any atom is 0.255 e. The highest BCUT2D eigenvalue weighted by Crippen LogP contribution is 2.25. The van der Waals surface area contributed by atoms with Crippen LogP contribution in [0, 0.1) is 11.7 Å². The largest absolute Gasteiger partial charge is 0.341 e. The number of anilines is 2. The van der Waals surface area contributed by atoms with Crippen LogP contribution in [0.5, 0.6) is 0 Å². The summed E-state index contributed by atoms with van der Waals surface area (Å²) in [4.78, 5) is 35.9. The predicted octanol–water partition coefficient (Wildman–Crippen LogP) is 2.84. The van der Waals surface area contributed by atoms with Gasteiger partial charge in [-0.15, -0.1) is 0 Å². The van der Waals surface area contributed by atoms with Crippen molar-refractivity contribution in [3.05, 3.63) is 71.0 Å². The molecule has 1 amide bonds. The molecule has 4 rings (SSSR count). The average molecular weight is 407 g/mol. The van der Waals surface area contributed by atoms with Gasteiger partial charge in [-0.1, -0.05) is 12.1 Å². The van der Waals surface area contributed by atoms with Gasteiger partial charge in [0.2, 0.25) is 11.9 Å². The van der Waals surface area contributed by atoms with Crippen LogP contribution in [0.15, 0.2) is 59.7 Å². The summed E-state index contributed by atoms with van der Waals surface area (Å²) in [5.41, 5.74) is 1.36. The Bertz CT molecular complexity index is 1120. The van der Waals surface area contributed by atoms with Gasteiger partial charge in [-0.2, -0.15) is 0 Å². The van der Waals surface area contributed by atoms with E-state index >= 15 is 0 Å². The maximum absolute atomic E-state index is 13.9. The Hall–Kier alpha value is -3.55. The summed E-state index contributed by atoms with van der Waals surface area (Å²) in [6.07, 6.45) is 4.76. The van der Waals surface area contributed by atoms with Crippen molar-refractivity contribution in [1.82, 2.24) is 14.5 Å². The fraction of sp³-hybridized carbons (Fsp3) is 0.273. The molecule has 3 aromatic rings. The molecule has 1 N–H and O–H groups in total. The van der Waals surface area contributed by atoms with E-state index in [1.165, 1.54) is 22.8 Å². The molecule has 0 bridgehead atoms. The maximum atomic E-state index is 13.9. The van der Waals surface area contributed by atoms with Gasteiger partial charge < -0.3 is 10.2 Å². The van der Waals surface area contributed by atoms with Crippen LogP contribution in [-0.4, -0.2) is 33.5 Å². The summed E-state index contributed by atoms with van der Waals surface area (Å²) in [5.74, 6) is -0.523. The van der Waals surface area contributed by atoms with Crippen LogP contribution in [0.25, 0.3) is 11.3 Å². The Morgan fingerprint density at radius 3 is 2.73 bits per heavy atom. The van der Waals surface area contributed by atoms with Gasteiger partial charge in [-0.3, -0.25) is 19.1 Å². The van der Waals surface area contributed by atoms with Crippen LogP contribution in [-0.2, 0) is 11.8 Å². The Morgan fingerprint density at radius 2 is 1.97 bits per heavy atom. The lowest BCUT2D eigenvalue weighted by Crippen LogP contribution is -2.43. The predicted molar refractivity (Wildman–Crippen MR) is 113 cm³/mol. The molecule has 1 aliphatic heterocycles. The van der Waals surface area contributed by atoms with E-state index in [0.717, 1.165) is 12.0 Å². The summed E-state index contributed by atoms with van der Waals surface area (Å²) in [6, 6.07) is 11.2. The second-order valence-corrected chi connectivity index (χ2v) is 7.33. The minimum absolute atomic E-state index is 0.171. The highest BCUT2D eigenvalue weighted by atomic mass is 19.1. The molecule has 1 unspecified atom stereocenters. The lowest BCUT2D eigenvalue weighted by Gasteiger charge is -2.33. The number of nitrogens with zero attached hydrogens (tertiary/aromatic N) is 4. The number of carbonyl (C=O) groups excluding carboxylic acids is 1. The summed E-state index contributed by atoms with van der Waals surface area (Å²) in [6.45, 7) is 1.09. The zero-order valence-electron chi connectivity index (χ0n) is 16.6. The third-order valence-electron chi connectivity index (χ3n) is 5.29. The van der Waals surface area contributed by atoms with Crippen LogP contribution in [0.4, 0.5) is 16.0 Å². The van der Waals surface area contributed by atoms with Gasteiger partial charge in [0.25, 0.3) is 5.56 Å². The molecule has 2 aromatic heterocycles. The van der Waals surface area contributed by atoms with Crippen molar-refractivity contribution in [2.45, 2.75) is 12.8 Å².